The highest BCUT2D eigenvalue weighted by Gasteiger charge is 2.42. The molecule has 0 unspecified atom stereocenters. The average molecular weight is 467 g/mol. The van der Waals surface area contributed by atoms with Gasteiger partial charge in [0.05, 0.1) is 22.4 Å². The molecule has 3 aromatic rings. The van der Waals surface area contributed by atoms with Gasteiger partial charge >= 0.3 is 0 Å². The Hall–Kier alpha value is -2.57. The van der Waals surface area contributed by atoms with Crippen molar-refractivity contribution >= 4 is 40.3 Å². The Morgan fingerprint density at radius 1 is 1.12 bits per heavy atom. The zero-order valence-corrected chi connectivity index (χ0v) is 19.9. The van der Waals surface area contributed by atoms with E-state index in [1.807, 2.05) is 43.3 Å². The van der Waals surface area contributed by atoms with Gasteiger partial charge in [0.2, 0.25) is 0 Å². The molecule has 2 aliphatic heterocycles. The van der Waals surface area contributed by atoms with Crippen molar-refractivity contribution in [2.45, 2.75) is 38.8 Å². The molecule has 7 heteroatoms. The van der Waals surface area contributed by atoms with E-state index in [0.717, 1.165) is 52.6 Å². The lowest BCUT2D eigenvalue weighted by atomic mass is 9.98. The molecule has 4 heterocycles. The van der Waals surface area contributed by atoms with E-state index < -0.39 is 0 Å². The lowest BCUT2D eigenvalue weighted by molar-refractivity contribution is 0.418. The average Bonchev–Trinajstić information content (AvgIpc) is 3.38. The Morgan fingerprint density at radius 2 is 1.94 bits per heavy atom. The number of nitrogens with zero attached hydrogens (tertiary/aromatic N) is 3. The normalized spacial score (nSPS) is 21.8. The van der Waals surface area contributed by atoms with Crippen LogP contribution in [0.3, 0.4) is 0 Å². The smallest absolute Gasteiger partial charge is 0.174 e. The number of hydrogen-bond acceptors (Lipinski definition) is 4. The number of hydrogen-bond donors (Lipinski definition) is 1. The van der Waals surface area contributed by atoms with Gasteiger partial charge in [-0.2, -0.15) is 0 Å². The van der Waals surface area contributed by atoms with Crippen LogP contribution < -0.4 is 15.1 Å². The van der Waals surface area contributed by atoms with Crippen LogP contribution in [0.2, 0.25) is 5.02 Å². The van der Waals surface area contributed by atoms with E-state index in [9.17, 15) is 0 Å². The quantitative estimate of drug-likeness (QED) is 0.472. The van der Waals surface area contributed by atoms with Crippen molar-refractivity contribution in [3.63, 3.8) is 0 Å². The summed E-state index contributed by atoms with van der Waals surface area (Å²) in [6.07, 6.45) is 4.20. The van der Waals surface area contributed by atoms with Gasteiger partial charge in [0.1, 0.15) is 17.6 Å². The van der Waals surface area contributed by atoms with Gasteiger partial charge in [-0.15, -0.1) is 0 Å². The summed E-state index contributed by atoms with van der Waals surface area (Å²) in [5, 5.41) is 4.84. The second kappa shape index (κ2) is 8.75. The molecule has 1 aromatic carbocycles. The SMILES string of the molecule is Cc1ccc([C@@H]2[C@H](c3ccccn3)NC(=S)N2c2ccc(N3CCC(C)CC3)c(Cl)c2)o1. The first-order chi connectivity index (χ1) is 15.5. The molecule has 0 amide bonds. The molecular weight excluding hydrogens is 440 g/mol. The third-order valence-corrected chi connectivity index (χ3v) is 7.10. The first-order valence-corrected chi connectivity index (χ1v) is 11.9. The van der Waals surface area contributed by atoms with Gasteiger partial charge in [0, 0.05) is 25.0 Å². The molecular formula is C25H27ClN4OS. The zero-order valence-electron chi connectivity index (χ0n) is 18.3. The van der Waals surface area contributed by atoms with Crippen molar-refractivity contribution in [1.82, 2.24) is 10.3 Å². The summed E-state index contributed by atoms with van der Waals surface area (Å²) in [4.78, 5) is 9.07. The third-order valence-electron chi connectivity index (χ3n) is 6.48. The topological polar surface area (TPSA) is 44.5 Å². The van der Waals surface area contributed by atoms with E-state index in [1.54, 1.807) is 6.20 Å². The number of benzene rings is 1. The maximum Gasteiger partial charge on any atom is 0.174 e. The van der Waals surface area contributed by atoms with Crippen molar-refractivity contribution in [3.8, 4) is 0 Å². The molecule has 2 fully saturated rings. The van der Waals surface area contributed by atoms with Gasteiger partial charge in [0.25, 0.3) is 0 Å². The molecule has 166 valence electrons. The molecule has 2 aliphatic rings. The van der Waals surface area contributed by atoms with Crippen LogP contribution in [0.5, 0.6) is 0 Å². The number of halogens is 1. The summed E-state index contributed by atoms with van der Waals surface area (Å²) >= 11 is 12.6. The van der Waals surface area contributed by atoms with E-state index >= 15 is 0 Å². The maximum absolute atomic E-state index is 6.81. The highest BCUT2D eigenvalue weighted by atomic mass is 35.5. The monoisotopic (exact) mass is 466 g/mol. The fourth-order valence-electron chi connectivity index (χ4n) is 4.69. The Kier molecular flexibility index (Phi) is 5.82. The van der Waals surface area contributed by atoms with Crippen molar-refractivity contribution in [1.29, 1.82) is 0 Å². The van der Waals surface area contributed by atoms with Gasteiger partial charge < -0.3 is 19.5 Å². The molecule has 2 atom stereocenters. The number of furan rings is 1. The zero-order chi connectivity index (χ0) is 22.2. The minimum atomic E-state index is -0.163. The van der Waals surface area contributed by atoms with Crippen LogP contribution in [0, 0.1) is 12.8 Å². The Balaban J connectivity index is 1.51. The Morgan fingerprint density at radius 3 is 2.59 bits per heavy atom. The third kappa shape index (κ3) is 3.97. The fraction of sp³-hybridized carbons (Fsp3) is 0.360. The summed E-state index contributed by atoms with van der Waals surface area (Å²) in [5.74, 6) is 2.49. The molecule has 0 aliphatic carbocycles. The molecule has 0 radical (unpaired) electrons. The molecule has 0 bridgehead atoms. The first-order valence-electron chi connectivity index (χ1n) is 11.1. The second-order valence-corrected chi connectivity index (χ2v) is 9.54. The van der Waals surface area contributed by atoms with Gasteiger partial charge in [-0.25, -0.2) is 0 Å². The number of aromatic nitrogens is 1. The summed E-state index contributed by atoms with van der Waals surface area (Å²) in [6.45, 7) is 6.35. The Bertz CT molecular complexity index is 1110. The predicted octanol–water partition coefficient (Wildman–Crippen LogP) is 6.05. The van der Waals surface area contributed by atoms with Crippen LogP contribution >= 0.6 is 23.8 Å². The number of pyridine rings is 1. The highest BCUT2D eigenvalue weighted by Crippen LogP contribution is 2.43. The van der Waals surface area contributed by atoms with Crippen LogP contribution in [0.25, 0.3) is 0 Å². The highest BCUT2D eigenvalue weighted by molar-refractivity contribution is 7.80. The molecule has 32 heavy (non-hydrogen) atoms. The van der Waals surface area contributed by atoms with Crippen LogP contribution in [0.15, 0.2) is 59.1 Å². The fourth-order valence-corrected chi connectivity index (χ4v) is 5.33. The van der Waals surface area contributed by atoms with E-state index in [2.05, 4.69) is 39.2 Å². The lowest BCUT2D eigenvalue weighted by Crippen LogP contribution is -2.33. The van der Waals surface area contributed by atoms with E-state index in [1.165, 1.54) is 12.8 Å². The van der Waals surface area contributed by atoms with E-state index in [0.29, 0.717) is 5.11 Å². The van der Waals surface area contributed by atoms with E-state index in [4.69, 9.17) is 28.2 Å². The number of piperidine rings is 1. The first kappa shape index (κ1) is 21.3. The predicted molar refractivity (Wildman–Crippen MR) is 133 cm³/mol. The Labute approximate surface area is 199 Å². The molecule has 2 aromatic heterocycles. The van der Waals surface area contributed by atoms with Crippen molar-refractivity contribution < 1.29 is 4.42 Å². The van der Waals surface area contributed by atoms with Gasteiger partial charge in [-0.1, -0.05) is 24.6 Å². The number of anilines is 2. The van der Waals surface area contributed by atoms with Crippen LogP contribution in [-0.4, -0.2) is 23.2 Å². The number of nitrogens with one attached hydrogen (secondary N) is 1. The number of thiocarbonyl (C=S) groups is 1. The van der Waals surface area contributed by atoms with Crippen molar-refractivity contribution in [3.05, 3.63) is 77.0 Å². The summed E-state index contributed by atoms with van der Waals surface area (Å²) in [7, 11) is 0. The molecule has 0 saturated carbocycles. The second-order valence-electron chi connectivity index (χ2n) is 8.75. The van der Waals surface area contributed by atoms with E-state index in [-0.39, 0.29) is 12.1 Å². The minimum Gasteiger partial charge on any atom is -0.464 e. The number of rotatable bonds is 4. The van der Waals surface area contributed by atoms with Crippen LogP contribution in [0.4, 0.5) is 11.4 Å². The molecule has 5 rings (SSSR count). The van der Waals surface area contributed by atoms with Crippen LogP contribution in [0.1, 0.15) is 49.1 Å². The largest absolute Gasteiger partial charge is 0.464 e. The van der Waals surface area contributed by atoms with Crippen molar-refractivity contribution in [2.75, 3.05) is 22.9 Å². The number of aryl methyl sites for hydroxylation is 1. The molecule has 2 saturated heterocycles. The molecule has 0 spiro atoms. The lowest BCUT2D eigenvalue weighted by Gasteiger charge is -2.33. The maximum atomic E-state index is 6.81. The van der Waals surface area contributed by atoms with Gasteiger partial charge in [-0.3, -0.25) is 4.98 Å². The minimum absolute atomic E-state index is 0.128. The van der Waals surface area contributed by atoms with Gasteiger partial charge in [0.15, 0.2) is 5.11 Å². The molecule has 1 N–H and O–H groups in total. The standard InChI is InChI=1S/C25H27ClN4OS/c1-16-10-13-29(14-11-16)21-8-7-18(15-19(21)26)30-24(22-9-6-17(2)31-22)23(28-25(30)32)20-5-3-4-12-27-20/h3-9,12,15-16,23-24H,10-11,13-14H2,1-2H3,(H,28,32)/t23-,24+/m0/s1. The molecule has 5 nitrogen and oxygen atoms in total. The van der Waals surface area contributed by atoms with Crippen LogP contribution in [-0.2, 0) is 0 Å². The van der Waals surface area contributed by atoms with Crippen molar-refractivity contribution in [2.24, 2.45) is 5.92 Å². The summed E-state index contributed by atoms with van der Waals surface area (Å²) in [6, 6.07) is 15.9. The summed E-state index contributed by atoms with van der Waals surface area (Å²) < 4.78 is 6.07. The summed E-state index contributed by atoms with van der Waals surface area (Å²) in [5.41, 5.74) is 2.95. The van der Waals surface area contributed by atoms with Gasteiger partial charge in [-0.05, 0) is 80.4 Å².